The van der Waals surface area contributed by atoms with Gasteiger partial charge in [-0.15, -0.1) is 0 Å². The van der Waals surface area contributed by atoms with Gasteiger partial charge in [0.1, 0.15) is 5.82 Å². The van der Waals surface area contributed by atoms with Crippen molar-refractivity contribution in [2.24, 2.45) is 0 Å². The highest BCUT2D eigenvalue weighted by Crippen LogP contribution is 2.24. The molecule has 1 rings (SSSR count). The number of carbonyl (C=O) groups excluding carboxylic acids is 1. The quantitative estimate of drug-likeness (QED) is 0.821. The van der Waals surface area contributed by atoms with Gasteiger partial charge in [0.05, 0.1) is 11.1 Å². The summed E-state index contributed by atoms with van der Waals surface area (Å²) in [5.41, 5.74) is -0.102. The van der Waals surface area contributed by atoms with E-state index in [9.17, 15) is 22.4 Å². The van der Waals surface area contributed by atoms with Crippen LogP contribution in [0.15, 0.2) is 18.2 Å². The van der Waals surface area contributed by atoms with Crippen molar-refractivity contribution in [1.29, 1.82) is 0 Å². The Morgan fingerprint density at radius 2 is 2.00 bits per heavy atom. The molecule has 94 valence electrons. The van der Waals surface area contributed by atoms with Crippen molar-refractivity contribution >= 4 is 17.5 Å². The van der Waals surface area contributed by atoms with E-state index in [1.54, 1.807) is 5.32 Å². The molecule has 1 amide bonds. The van der Waals surface area contributed by atoms with Crippen LogP contribution in [-0.4, -0.2) is 12.1 Å². The minimum atomic E-state index is -5.00. The van der Waals surface area contributed by atoms with Gasteiger partial charge in [0.2, 0.25) is 0 Å². The maximum absolute atomic E-state index is 13.4. The average molecular weight is 270 g/mol. The van der Waals surface area contributed by atoms with Crippen LogP contribution in [0.4, 0.5) is 17.6 Å². The zero-order valence-corrected chi connectivity index (χ0v) is 9.36. The first-order chi connectivity index (χ1) is 7.73. The third-order valence-electron chi connectivity index (χ3n) is 2.05. The second kappa shape index (κ2) is 4.91. The standard InChI is InChI=1S/C10H8ClF4NO/c1-5(16-9(17)10(13,14)15)6-3-2-4-7(11)8(6)12/h2-5H,1H3,(H,16,17)/t5-/m1/s1. The van der Waals surface area contributed by atoms with Crippen molar-refractivity contribution in [3.05, 3.63) is 34.6 Å². The lowest BCUT2D eigenvalue weighted by Gasteiger charge is -2.16. The van der Waals surface area contributed by atoms with Crippen LogP contribution in [0, 0.1) is 5.82 Å². The molecule has 0 bridgehead atoms. The first kappa shape index (κ1) is 13.8. The second-order valence-electron chi connectivity index (χ2n) is 3.34. The molecule has 0 spiro atoms. The van der Waals surface area contributed by atoms with Gasteiger partial charge in [-0.3, -0.25) is 4.79 Å². The van der Waals surface area contributed by atoms with E-state index in [0.717, 1.165) is 0 Å². The summed E-state index contributed by atoms with van der Waals surface area (Å²) < 4.78 is 49.4. The van der Waals surface area contributed by atoms with Crippen LogP contribution < -0.4 is 5.32 Å². The lowest BCUT2D eigenvalue weighted by molar-refractivity contribution is -0.174. The Morgan fingerprint density at radius 1 is 1.41 bits per heavy atom. The second-order valence-corrected chi connectivity index (χ2v) is 3.74. The van der Waals surface area contributed by atoms with Crippen molar-refractivity contribution in [3.63, 3.8) is 0 Å². The van der Waals surface area contributed by atoms with Crippen LogP contribution in [0.25, 0.3) is 0 Å². The zero-order valence-electron chi connectivity index (χ0n) is 8.61. The molecule has 7 heteroatoms. The van der Waals surface area contributed by atoms with Crippen LogP contribution in [0.2, 0.25) is 5.02 Å². The van der Waals surface area contributed by atoms with Gasteiger partial charge in [0.15, 0.2) is 0 Å². The van der Waals surface area contributed by atoms with Gasteiger partial charge in [-0.2, -0.15) is 13.2 Å². The summed E-state index contributed by atoms with van der Waals surface area (Å²) in [6.07, 6.45) is -5.00. The van der Waals surface area contributed by atoms with Crippen LogP contribution in [-0.2, 0) is 4.79 Å². The van der Waals surface area contributed by atoms with Gasteiger partial charge in [0, 0.05) is 5.56 Å². The highest BCUT2D eigenvalue weighted by atomic mass is 35.5. The van der Waals surface area contributed by atoms with Crippen LogP contribution in [0.3, 0.4) is 0 Å². The van der Waals surface area contributed by atoms with Gasteiger partial charge in [-0.1, -0.05) is 23.7 Å². The molecule has 0 aromatic heterocycles. The van der Waals surface area contributed by atoms with E-state index in [1.165, 1.54) is 25.1 Å². The topological polar surface area (TPSA) is 29.1 Å². The molecule has 0 saturated carbocycles. The van der Waals surface area contributed by atoms with Gasteiger partial charge < -0.3 is 5.32 Å². The SMILES string of the molecule is C[C@@H](NC(=O)C(F)(F)F)c1cccc(Cl)c1F. The summed E-state index contributed by atoms with van der Waals surface area (Å²) in [4.78, 5) is 10.7. The lowest BCUT2D eigenvalue weighted by Crippen LogP contribution is -2.38. The zero-order chi connectivity index (χ0) is 13.2. The largest absolute Gasteiger partial charge is 0.471 e. The number of hydrogen-bond donors (Lipinski definition) is 1. The summed E-state index contributed by atoms with van der Waals surface area (Å²) in [5, 5.41) is 1.43. The maximum Gasteiger partial charge on any atom is 0.471 e. The van der Waals surface area contributed by atoms with Crippen molar-refractivity contribution in [2.75, 3.05) is 0 Å². The lowest BCUT2D eigenvalue weighted by atomic mass is 10.1. The van der Waals surface area contributed by atoms with Crippen molar-refractivity contribution in [3.8, 4) is 0 Å². The molecule has 1 aromatic rings. The number of nitrogens with one attached hydrogen (secondary N) is 1. The number of halogens is 5. The highest BCUT2D eigenvalue weighted by molar-refractivity contribution is 6.30. The Kier molecular flexibility index (Phi) is 3.98. The summed E-state index contributed by atoms with van der Waals surface area (Å²) >= 11 is 5.47. The van der Waals surface area contributed by atoms with E-state index in [-0.39, 0.29) is 10.6 Å². The Morgan fingerprint density at radius 3 is 2.53 bits per heavy atom. The molecule has 0 unspecified atom stereocenters. The molecule has 1 atom stereocenters. The Hall–Kier alpha value is -1.30. The third-order valence-corrected chi connectivity index (χ3v) is 2.34. The minimum Gasteiger partial charge on any atom is -0.342 e. The Labute approximate surface area is 99.6 Å². The van der Waals surface area contributed by atoms with Gasteiger partial charge in [-0.25, -0.2) is 4.39 Å². The number of carbonyl (C=O) groups is 1. The van der Waals surface area contributed by atoms with E-state index in [1.807, 2.05) is 0 Å². The van der Waals surface area contributed by atoms with E-state index < -0.39 is 23.9 Å². The van der Waals surface area contributed by atoms with Crippen molar-refractivity contribution < 1.29 is 22.4 Å². The van der Waals surface area contributed by atoms with Gasteiger partial charge in [-0.05, 0) is 13.0 Å². The molecule has 1 N–H and O–H groups in total. The van der Waals surface area contributed by atoms with Crippen LogP contribution in [0.1, 0.15) is 18.5 Å². The normalized spacial score (nSPS) is 13.3. The monoisotopic (exact) mass is 269 g/mol. The summed E-state index contributed by atoms with van der Waals surface area (Å²) in [6.45, 7) is 1.23. The van der Waals surface area contributed by atoms with E-state index in [2.05, 4.69) is 0 Å². The fourth-order valence-corrected chi connectivity index (χ4v) is 1.39. The average Bonchev–Trinajstić information content (AvgIpc) is 2.20. The molecule has 1 aromatic carbocycles. The fourth-order valence-electron chi connectivity index (χ4n) is 1.21. The molecular weight excluding hydrogens is 262 g/mol. The highest BCUT2D eigenvalue weighted by Gasteiger charge is 2.39. The smallest absolute Gasteiger partial charge is 0.342 e. The number of amides is 1. The van der Waals surface area contributed by atoms with E-state index in [4.69, 9.17) is 11.6 Å². The molecule has 2 nitrogen and oxygen atoms in total. The predicted octanol–water partition coefficient (Wildman–Crippen LogP) is 3.22. The maximum atomic E-state index is 13.4. The molecule has 0 aliphatic rings. The summed E-state index contributed by atoms with van der Waals surface area (Å²) in [5.74, 6) is -2.96. The fraction of sp³-hybridized carbons (Fsp3) is 0.300. The Balaban J connectivity index is 2.88. The number of hydrogen-bond acceptors (Lipinski definition) is 1. The Bertz CT molecular complexity index is 433. The molecular formula is C10H8ClF4NO. The number of rotatable bonds is 2. The first-order valence-corrected chi connectivity index (χ1v) is 4.93. The predicted molar refractivity (Wildman–Crippen MR) is 54.0 cm³/mol. The van der Waals surface area contributed by atoms with Crippen LogP contribution >= 0.6 is 11.6 Å². The molecule has 0 saturated heterocycles. The number of benzene rings is 1. The molecule has 0 aliphatic heterocycles. The molecule has 17 heavy (non-hydrogen) atoms. The summed E-state index contributed by atoms with van der Waals surface area (Å²) in [6, 6.07) is 2.78. The van der Waals surface area contributed by atoms with Gasteiger partial charge in [0.25, 0.3) is 0 Å². The van der Waals surface area contributed by atoms with Crippen molar-refractivity contribution in [1.82, 2.24) is 5.32 Å². The van der Waals surface area contributed by atoms with E-state index >= 15 is 0 Å². The van der Waals surface area contributed by atoms with E-state index in [0.29, 0.717) is 0 Å². The minimum absolute atomic E-state index is 0.102. The molecule has 0 fully saturated rings. The number of alkyl halides is 3. The van der Waals surface area contributed by atoms with Crippen LogP contribution in [0.5, 0.6) is 0 Å². The first-order valence-electron chi connectivity index (χ1n) is 4.55. The molecule has 0 heterocycles. The van der Waals surface area contributed by atoms with Crippen molar-refractivity contribution in [2.45, 2.75) is 19.1 Å². The molecule has 0 radical (unpaired) electrons. The van der Waals surface area contributed by atoms with Gasteiger partial charge >= 0.3 is 12.1 Å². The molecule has 0 aliphatic carbocycles. The third kappa shape index (κ3) is 3.33. The summed E-state index contributed by atoms with van der Waals surface area (Å²) in [7, 11) is 0.